The normalized spacial score (nSPS) is 10.9. The van der Waals surface area contributed by atoms with E-state index in [9.17, 15) is 38.4 Å². The van der Waals surface area contributed by atoms with Crippen LogP contribution in [0.1, 0.15) is 50.5 Å². The molecule has 0 fully saturated rings. The van der Waals surface area contributed by atoms with Crippen LogP contribution in [0.25, 0.3) is 16.5 Å². The van der Waals surface area contributed by atoms with Crippen molar-refractivity contribution in [1.29, 1.82) is 0 Å². The van der Waals surface area contributed by atoms with Gasteiger partial charge in [-0.3, -0.25) is 19.2 Å². The van der Waals surface area contributed by atoms with Gasteiger partial charge in [0.1, 0.15) is 5.75 Å². The van der Waals surface area contributed by atoms with Crippen molar-refractivity contribution in [2.24, 2.45) is 0 Å². The highest BCUT2D eigenvalue weighted by atomic mass is 32.1. The Bertz CT molecular complexity index is 5280. The Morgan fingerprint density at radius 1 is 0.323 bits per heavy atom. The predicted molar refractivity (Wildman–Crippen MR) is 385 cm³/mol. The molecule has 0 spiro atoms. The summed E-state index contributed by atoms with van der Waals surface area (Å²) in [5, 5.41) is 1.99. The molecule has 482 valence electrons. The molecule has 4 heterocycles. The first-order valence-electron chi connectivity index (χ1n) is 30.6. The van der Waals surface area contributed by atoms with E-state index < -0.39 is 0 Å². The first-order valence-corrected chi connectivity index (χ1v) is 33.7. The first-order chi connectivity index (χ1) is 46.9. The molecule has 0 saturated heterocycles. The van der Waals surface area contributed by atoms with Gasteiger partial charge in [0.05, 0.1) is 51.6 Å². The number of hydrogen-bond donors (Lipinski definition) is 0. The van der Waals surface area contributed by atoms with E-state index in [1.54, 1.807) is 11.1 Å². The summed E-state index contributed by atoms with van der Waals surface area (Å²) in [4.78, 5) is 98.8. The molecule has 4 aromatic heterocycles. The number of benzene rings is 10. The van der Waals surface area contributed by atoms with Crippen LogP contribution >= 0.6 is 46.1 Å². The van der Waals surface area contributed by atoms with E-state index in [0.717, 1.165) is 119 Å². The summed E-state index contributed by atoms with van der Waals surface area (Å²) in [6.07, 6.45) is 0.742. The summed E-state index contributed by atoms with van der Waals surface area (Å²) >= 11 is 3.85. The standard InChI is InChI=1S/C22H18N2O2S.C19H14N2O2S.C17H16N2O3S.C17H16N2O2S/c25-21-23(16-17-10-4-1-5-11-17)22(26)27-24(21)20(18-12-6-2-7-13-18)19-14-8-3-9-15-19;22-18-20(13-14-7-2-1-3-8-14)19(23)24-21(18)17-12-6-10-15-9-4-5-11-16(15)17;1-22-15-9-7-14(8-10-15)12-19-16(20)18(17(21)23-19)11-13-5-3-2-4-6-13;20-16-18(13-15-9-5-2-6-10-15)17(21)22-19(16)12-11-14-7-3-1-4-8-14/h1-15,20H,16H2;1-12H,13H2;2-10H,11-12H2,1H3;1-10H,11-13H2. The molecule has 0 amide bonds. The van der Waals surface area contributed by atoms with Crippen molar-refractivity contribution >= 4 is 56.9 Å². The number of rotatable bonds is 18. The number of methoxy groups -OCH3 is 1. The minimum Gasteiger partial charge on any atom is -0.497 e. The first kappa shape index (κ1) is 66.4. The largest absolute Gasteiger partial charge is 0.497 e. The monoisotopic (exact) mass is 1350 g/mol. The van der Waals surface area contributed by atoms with Crippen molar-refractivity contribution in [3.8, 4) is 11.4 Å². The molecular formula is C75H64N8O9S4. The maximum atomic E-state index is 13.1. The maximum Gasteiger partial charge on any atom is 0.346 e. The van der Waals surface area contributed by atoms with E-state index in [1.807, 2.05) is 279 Å². The van der Waals surface area contributed by atoms with Gasteiger partial charge < -0.3 is 4.74 Å². The lowest BCUT2D eigenvalue weighted by Crippen LogP contribution is -2.31. The second kappa shape index (κ2) is 32.2. The number of aromatic nitrogens is 8. The zero-order valence-corrected chi connectivity index (χ0v) is 55.2. The van der Waals surface area contributed by atoms with Gasteiger partial charge in [-0.15, -0.1) is 0 Å². The van der Waals surface area contributed by atoms with Crippen molar-refractivity contribution < 1.29 is 4.74 Å². The van der Waals surface area contributed by atoms with Gasteiger partial charge in [0.25, 0.3) is 0 Å². The summed E-state index contributed by atoms with van der Waals surface area (Å²) < 4.78 is 16.3. The molecule has 21 heteroatoms. The number of aryl methyl sites for hydroxylation is 2. The minimum absolute atomic E-state index is 0.207. The fourth-order valence-electron chi connectivity index (χ4n) is 10.6. The van der Waals surface area contributed by atoms with E-state index in [-0.39, 0.29) is 61.4 Å². The lowest BCUT2D eigenvalue weighted by Gasteiger charge is -2.17. The molecule has 0 atom stereocenters. The smallest absolute Gasteiger partial charge is 0.346 e. The third kappa shape index (κ3) is 16.6. The molecular weight excluding hydrogens is 1290 g/mol. The predicted octanol–water partition coefficient (Wildman–Crippen LogP) is 11.6. The Kier molecular flexibility index (Phi) is 22.2. The van der Waals surface area contributed by atoms with Crippen LogP contribution in [0.15, 0.2) is 317 Å². The summed E-state index contributed by atoms with van der Waals surface area (Å²) in [6, 6.07) is 88.4. The Morgan fingerprint density at radius 3 is 1.17 bits per heavy atom. The van der Waals surface area contributed by atoms with Crippen molar-refractivity contribution in [2.45, 2.75) is 51.7 Å². The van der Waals surface area contributed by atoms with Gasteiger partial charge in [0.15, 0.2) is 0 Å². The molecule has 0 aliphatic carbocycles. The summed E-state index contributed by atoms with van der Waals surface area (Å²) in [7, 11) is 1.61. The average Bonchev–Trinajstić information content (AvgIpc) is 1.61. The molecule has 17 nitrogen and oxygen atoms in total. The molecule has 0 N–H and O–H groups in total. The van der Waals surface area contributed by atoms with E-state index in [1.165, 1.54) is 30.1 Å². The molecule has 96 heavy (non-hydrogen) atoms. The van der Waals surface area contributed by atoms with Crippen molar-refractivity contribution in [3.05, 3.63) is 404 Å². The quantitative estimate of drug-likeness (QED) is 0.0806. The van der Waals surface area contributed by atoms with E-state index in [2.05, 4.69) is 0 Å². The topological polar surface area (TPSA) is 185 Å². The summed E-state index contributed by atoms with van der Waals surface area (Å²) in [5.41, 5.74) is 7.44. The lowest BCUT2D eigenvalue weighted by molar-refractivity contribution is 0.414. The Morgan fingerprint density at radius 2 is 0.688 bits per heavy atom. The van der Waals surface area contributed by atoms with Gasteiger partial charge in [-0.1, -0.05) is 261 Å². The van der Waals surface area contributed by atoms with Gasteiger partial charge >= 0.3 is 42.3 Å². The number of hydrogen-bond acceptors (Lipinski definition) is 13. The minimum atomic E-state index is -0.324. The third-order valence-corrected chi connectivity index (χ3v) is 19.1. The molecule has 14 rings (SSSR count). The number of ether oxygens (including phenoxy) is 1. The molecule has 0 bridgehead atoms. The van der Waals surface area contributed by atoms with E-state index in [0.29, 0.717) is 26.2 Å². The van der Waals surface area contributed by atoms with Crippen LogP contribution in [0.5, 0.6) is 5.75 Å². The SMILES string of the molecule is COc1ccc(Cn2sc(=O)n(Cc3ccccc3)c2=O)cc1.O=c1sn(-c2cccc3ccccc23)c(=O)n1Cc1ccccc1.O=c1sn(C(c2ccccc2)c2ccccc2)c(=O)n1Cc1ccccc1.O=c1sn(CCc2ccccc2)c(=O)n1Cc1ccccc1. The highest BCUT2D eigenvalue weighted by molar-refractivity contribution is 7.04. The zero-order valence-electron chi connectivity index (χ0n) is 52.0. The van der Waals surface area contributed by atoms with Gasteiger partial charge in [-0.25, -0.2) is 53.3 Å². The molecule has 0 aliphatic rings. The van der Waals surface area contributed by atoms with Crippen molar-refractivity contribution in [3.63, 3.8) is 0 Å². The van der Waals surface area contributed by atoms with E-state index >= 15 is 0 Å². The van der Waals surface area contributed by atoms with Crippen LogP contribution in [0, 0.1) is 0 Å². The van der Waals surface area contributed by atoms with Crippen LogP contribution in [-0.2, 0) is 45.7 Å². The molecule has 0 saturated carbocycles. The number of nitrogens with zero attached hydrogens (tertiary/aromatic N) is 8. The molecule has 0 aliphatic heterocycles. The fourth-order valence-corrected chi connectivity index (χ4v) is 13.9. The van der Waals surface area contributed by atoms with Gasteiger partial charge in [-0.05, 0) is 74.5 Å². The van der Waals surface area contributed by atoms with E-state index in [4.69, 9.17) is 4.74 Å². The Balaban J connectivity index is 0.000000130. The Labute approximate surface area is 566 Å². The number of fused-ring (bicyclic) bond motifs is 1. The van der Waals surface area contributed by atoms with Gasteiger partial charge in [-0.2, -0.15) is 0 Å². The molecule has 14 aromatic rings. The van der Waals surface area contributed by atoms with Crippen molar-refractivity contribution in [2.75, 3.05) is 7.11 Å². The van der Waals surface area contributed by atoms with Crippen molar-refractivity contribution in [1.82, 2.24) is 34.1 Å². The fraction of sp³-hybridized carbons (Fsp3) is 0.120. The molecule has 0 radical (unpaired) electrons. The van der Waals surface area contributed by atoms with Crippen LogP contribution in [-0.4, -0.2) is 41.2 Å². The summed E-state index contributed by atoms with van der Waals surface area (Å²) in [5.74, 6) is 0.760. The highest BCUT2D eigenvalue weighted by Crippen LogP contribution is 2.27. The van der Waals surface area contributed by atoms with Crippen LogP contribution in [0.3, 0.4) is 0 Å². The second-order valence-electron chi connectivity index (χ2n) is 21.9. The lowest BCUT2D eigenvalue weighted by atomic mass is 9.99. The maximum absolute atomic E-state index is 13.1. The molecule has 0 unspecified atom stereocenters. The van der Waals surface area contributed by atoms with Gasteiger partial charge in [0.2, 0.25) is 0 Å². The highest BCUT2D eigenvalue weighted by Gasteiger charge is 2.23. The van der Waals surface area contributed by atoms with Gasteiger partial charge in [0, 0.05) is 58.1 Å². The second-order valence-corrected chi connectivity index (χ2v) is 25.7. The van der Waals surface area contributed by atoms with Crippen LogP contribution in [0.2, 0.25) is 0 Å². The zero-order chi connectivity index (χ0) is 66.8. The third-order valence-electron chi connectivity index (χ3n) is 15.4. The summed E-state index contributed by atoms with van der Waals surface area (Å²) in [6.45, 7) is 2.10. The Hall–Kier alpha value is -11.1. The average molecular weight is 1350 g/mol. The van der Waals surface area contributed by atoms with Crippen LogP contribution < -0.4 is 47.0 Å². The van der Waals surface area contributed by atoms with Crippen LogP contribution in [0.4, 0.5) is 0 Å². The molecule has 10 aromatic carbocycles.